The minimum atomic E-state index is -0.00972. The first-order chi connectivity index (χ1) is 12.2. The maximum atomic E-state index is 9.89. The van der Waals surface area contributed by atoms with Crippen LogP contribution in [0.4, 0.5) is 0 Å². The van der Waals surface area contributed by atoms with Crippen molar-refractivity contribution in [1.29, 1.82) is 0 Å². The van der Waals surface area contributed by atoms with Crippen molar-refractivity contribution in [3.05, 3.63) is 30.3 Å². The highest BCUT2D eigenvalue weighted by atomic mass is 16.7. The second kappa shape index (κ2) is 5.90. The third-order valence-corrected chi connectivity index (χ3v) is 3.77. The Labute approximate surface area is 142 Å². The van der Waals surface area contributed by atoms with Crippen molar-refractivity contribution in [2.45, 2.75) is 0 Å². The third-order valence-electron chi connectivity index (χ3n) is 3.77. The molecule has 1 N–H and O–H groups in total. The van der Waals surface area contributed by atoms with Gasteiger partial charge in [-0.05, 0) is 30.3 Å². The standard InChI is InChI=1S/C17H14N2O6/c1-21-12-4-3-9(5-11(12)20)17-18-16(19-25-17)10-6-13(22-2)15-14(7-10)23-8-24-15/h3-7,20H,8H2,1-2H3. The Morgan fingerprint density at radius 3 is 2.60 bits per heavy atom. The van der Waals surface area contributed by atoms with Crippen LogP contribution in [-0.4, -0.2) is 36.3 Å². The van der Waals surface area contributed by atoms with Gasteiger partial charge in [0.15, 0.2) is 23.0 Å². The maximum absolute atomic E-state index is 9.89. The fourth-order valence-corrected chi connectivity index (χ4v) is 2.54. The molecule has 0 aliphatic carbocycles. The molecule has 1 aliphatic heterocycles. The van der Waals surface area contributed by atoms with Crippen LogP contribution in [0.15, 0.2) is 34.9 Å². The predicted octanol–water partition coefficient (Wildman–Crippen LogP) is 2.86. The number of nitrogens with zero attached hydrogens (tertiary/aromatic N) is 2. The number of phenols is 1. The van der Waals surface area contributed by atoms with Crippen LogP contribution in [0.5, 0.6) is 28.7 Å². The van der Waals surface area contributed by atoms with Crippen molar-refractivity contribution in [2.75, 3.05) is 21.0 Å². The molecule has 0 bridgehead atoms. The Balaban J connectivity index is 1.71. The first kappa shape index (κ1) is 15.1. The number of phenolic OH excluding ortho intramolecular Hbond substituents is 1. The normalized spacial score (nSPS) is 12.2. The maximum Gasteiger partial charge on any atom is 0.258 e. The summed E-state index contributed by atoms with van der Waals surface area (Å²) in [5.74, 6) is 2.62. The number of hydrogen-bond acceptors (Lipinski definition) is 8. The average Bonchev–Trinajstić information content (AvgIpc) is 3.30. The molecule has 8 nitrogen and oxygen atoms in total. The number of aromatic hydroxyl groups is 1. The summed E-state index contributed by atoms with van der Waals surface area (Å²) in [6.07, 6.45) is 0. The number of benzene rings is 2. The molecule has 25 heavy (non-hydrogen) atoms. The molecule has 8 heteroatoms. The van der Waals surface area contributed by atoms with Crippen LogP contribution in [0.3, 0.4) is 0 Å². The molecule has 1 aromatic heterocycles. The lowest BCUT2D eigenvalue weighted by atomic mass is 10.1. The Morgan fingerprint density at radius 1 is 1.00 bits per heavy atom. The van der Waals surface area contributed by atoms with Gasteiger partial charge in [0.2, 0.25) is 18.4 Å². The zero-order valence-corrected chi connectivity index (χ0v) is 13.5. The zero-order valence-electron chi connectivity index (χ0n) is 13.5. The lowest BCUT2D eigenvalue weighted by molar-refractivity contribution is 0.171. The van der Waals surface area contributed by atoms with Gasteiger partial charge < -0.3 is 28.6 Å². The monoisotopic (exact) mass is 342 g/mol. The van der Waals surface area contributed by atoms with E-state index < -0.39 is 0 Å². The van der Waals surface area contributed by atoms with Crippen LogP contribution >= 0.6 is 0 Å². The van der Waals surface area contributed by atoms with E-state index in [-0.39, 0.29) is 18.4 Å². The van der Waals surface area contributed by atoms with E-state index in [0.717, 1.165) is 0 Å². The Morgan fingerprint density at radius 2 is 1.84 bits per heavy atom. The Bertz CT molecular complexity index is 937. The van der Waals surface area contributed by atoms with Crippen molar-refractivity contribution in [3.8, 4) is 51.6 Å². The number of rotatable bonds is 4. The molecule has 0 amide bonds. The van der Waals surface area contributed by atoms with E-state index in [2.05, 4.69) is 10.1 Å². The van der Waals surface area contributed by atoms with Gasteiger partial charge in [0.05, 0.1) is 14.2 Å². The van der Waals surface area contributed by atoms with E-state index in [1.807, 2.05) is 0 Å². The second-order valence-corrected chi connectivity index (χ2v) is 5.22. The second-order valence-electron chi connectivity index (χ2n) is 5.22. The van der Waals surface area contributed by atoms with E-state index in [1.54, 1.807) is 31.4 Å². The number of ether oxygens (including phenoxy) is 4. The first-order valence-electron chi connectivity index (χ1n) is 7.38. The minimum absolute atomic E-state index is 0.00972. The van der Waals surface area contributed by atoms with Gasteiger partial charge in [0, 0.05) is 11.1 Å². The lowest BCUT2D eigenvalue weighted by Gasteiger charge is -2.05. The molecule has 2 aromatic carbocycles. The van der Waals surface area contributed by atoms with Crippen LogP contribution in [0, 0.1) is 0 Å². The smallest absolute Gasteiger partial charge is 0.258 e. The van der Waals surface area contributed by atoms with Gasteiger partial charge in [-0.3, -0.25) is 0 Å². The summed E-state index contributed by atoms with van der Waals surface area (Å²) in [4.78, 5) is 4.37. The summed E-state index contributed by atoms with van der Waals surface area (Å²) in [5.41, 5.74) is 1.23. The van der Waals surface area contributed by atoms with Gasteiger partial charge in [0.1, 0.15) is 0 Å². The molecule has 0 unspecified atom stereocenters. The van der Waals surface area contributed by atoms with E-state index in [9.17, 15) is 5.11 Å². The Hall–Kier alpha value is -3.42. The van der Waals surface area contributed by atoms with Gasteiger partial charge in [0.25, 0.3) is 5.89 Å². The van der Waals surface area contributed by atoms with Crippen molar-refractivity contribution in [1.82, 2.24) is 10.1 Å². The van der Waals surface area contributed by atoms with Gasteiger partial charge in [-0.1, -0.05) is 5.16 Å². The molecule has 0 saturated heterocycles. The summed E-state index contributed by atoms with van der Waals surface area (Å²) in [7, 11) is 3.02. The van der Waals surface area contributed by atoms with Crippen molar-refractivity contribution >= 4 is 0 Å². The third kappa shape index (κ3) is 2.57. The molecule has 0 atom stereocenters. The van der Waals surface area contributed by atoms with Crippen molar-refractivity contribution in [3.63, 3.8) is 0 Å². The van der Waals surface area contributed by atoms with E-state index in [1.165, 1.54) is 13.2 Å². The molecular formula is C17H14N2O6. The molecule has 0 saturated carbocycles. The van der Waals surface area contributed by atoms with E-state index in [0.29, 0.717) is 39.9 Å². The highest BCUT2D eigenvalue weighted by Gasteiger charge is 2.22. The highest BCUT2D eigenvalue weighted by Crippen LogP contribution is 2.44. The van der Waals surface area contributed by atoms with E-state index >= 15 is 0 Å². The Kier molecular flexibility index (Phi) is 3.57. The molecule has 2 heterocycles. The highest BCUT2D eigenvalue weighted by molar-refractivity contribution is 5.68. The predicted molar refractivity (Wildman–Crippen MR) is 86.1 cm³/mol. The van der Waals surface area contributed by atoms with Gasteiger partial charge in [-0.15, -0.1) is 0 Å². The molecule has 0 radical (unpaired) electrons. The summed E-state index contributed by atoms with van der Waals surface area (Å²) in [5, 5.41) is 13.9. The molecule has 1 aliphatic rings. The summed E-state index contributed by atoms with van der Waals surface area (Å²) < 4.78 is 26.4. The van der Waals surface area contributed by atoms with Crippen molar-refractivity contribution in [2.24, 2.45) is 0 Å². The van der Waals surface area contributed by atoms with Gasteiger partial charge in [-0.25, -0.2) is 0 Å². The number of fused-ring (bicyclic) bond motifs is 1. The molecule has 128 valence electrons. The van der Waals surface area contributed by atoms with Crippen LogP contribution in [0.25, 0.3) is 22.8 Å². The van der Waals surface area contributed by atoms with Crippen LogP contribution in [0.2, 0.25) is 0 Å². The van der Waals surface area contributed by atoms with Crippen LogP contribution < -0.4 is 18.9 Å². The van der Waals surface area contributed by atoms with Gasteiger partial charge >= 0.3 is 0 Å². The first-order valence-corrected chi connectivity index (χ1v) is 7.38. The average molecular weight is 342 g/mol. The van der Waals surface area contributed by atoms with Gasteiger partial charge in [-0.2, -0.15) is 4.98 Å². The minimum Gasteiger partial charge on any atom is -0.504 e. The fraction of sp³-hybridized carbons (Fsp3) is 0.176. The number of hydrogen-bond donors (Lipinski definition) is 1. The molecule has 0 fully saturated rings. The molecule has 4 rings (SSSR count). The van der Waals surface area contributed by atoms with E-state index in [4.69, 9.17) is 23.5 Å². The van der Waals surface area contributed by atoms with Crippen LogP contribution in [0.1, 0.15) is 0 Å². The molecule has 0 spiro atoms. The van der Waals surface area contributed by atoms with Crippen LogP contribution in [-0.2, 0) is 0 Å². The molecule has 3 aromatic rings. The number of methoxy groups -OCH3 is 2. The lowest BCUT2D eigenvalue weighted by Crippen LogP contribution is -1.93. The largest absolute Gasteiger partial charge is 0.504 e. The quantitative estimate of drug-likeness (QED) is 0.773. The van der Waals surface area contributed by atoms with Crippen molar-refractivity contribution < 1.29 is 28.6 Å². The fourth-order valence-electron chi connectivity index (χ4n) is 2.54. The molecular weight excluding hydrogens is 328 g/mol. The SMILES string of the molecule is COc1ccc(-c2nc(-c3cc(OC)c4c(c3)OCO4)no2)cc1O. The zero-order chi connectivity index (χ0) is 17.4. The summed E-state index contributed by atoms with van der Waals surface area (Å²) in [6, 6.07) is 8.34. The topological polar surface area (TPSA) is 96.1 Å². The number of aromatic nitrogens is 2. The summed E-state index contributed by atoms with van der Waals surface area (Å²) >= 11 is 0. The summed E-state index contributed by atoms with van der Waals surface area (Å²) in [6.45, 7) is 0.137.